The van der Waals surface area contributed by atoms with Gasteiger partial charge in [0.1, 0.15) is 11.5 Å². The van der Waals surface area contributed by atoms with E-state index in [2.05, 4.69) is 24.9 Å². The van der Waals surface area contributed by atoms with Crippen molar-refractivity contribution >= 4 is 23.3 Å². The average Bonchev–Trinajstić information content (AvgIpc) is 3.28. The molecule has 3 heterocycles. The summed E-state index contributed by atoms with van der Waals surface area (Å²) in [4.78, 5) is 29.9. The number of H-pyrrole nitrogens is 1. The van der Waals surface area contributed by atoms with Gasteiger partial charge in [-0.15, -0.1) is 0 Å². The number of carbonyl (C=O) groups excluding carboxylic acids is 1. The van der Waals surface area contributed by atoms with Crippen molar-refractivity contribution in [2.24, 2.45) is 4.99 Å². The fourth-order valence-electron chi connectivity index (χ4n) is 4.24. The van der Waals surface area contributed by atoms with Crippen molar-refractivity contribution in [2.75, 3.05) is 18.0 Å². The molecule has 1 unspecified atom stereocenters. The third kappa shape index (κ3) is 3.36. The third-order valence-electron chi connectivity index (χ3n) is 5.94. The Morgan fingerprint density at radius 3 is 2.86 bits per heavy atom. The molecule has 7 nitrogen and oxygen atoms in total. The molecule has 0 saturated carbocycles. The smallest absolute Gasteiger partial charge is 0.331 e. The first-order chi connectivity index (χ1) is 13.4. The topological polar surface area (TPSA) is 84.8 Å². The van der Waals surface area contributed by atoms with Crippen LogP contribution in [0.1, 0.15) is 77.2 Å². The zero-order valence-corrected chi connectivity index (χ0v) is 17.2. The molecular weight excluding hydrogens is 354 g/mol. The number of amides is 2. The van der Waals surface area contributed by atoms with Crippen LogP contribution in [0.15, 0.2) is 11.1 Å². The highest BCUT2D eigenvalue weighted by molar-refractivity contribution is 6.18. The number of urea groups is 1. The highest BCUT2D eigenvalue weighted by atomic mass is 16.3. The van der Waals surface area contributed by atoms with Crippen LogP contribution >= 0.6 is 0 Å². The van der Waals surface area contributed by atoms with Gasteiger partial charge in [-0.1, -0.05) is 32.8 Å². The van der Waals surface area contributed by atoms with Crippen LogP contribution in [0, 0.1) is 0 Å². The number of amidine groups is 1. The van der Waals surface area contributed by atoms with Crippen LogP contribution < -0.4 is 4.90 Å². The molecule has 0 radical (unpaired) electrons. The molecule has 0 bridgehead atoms. The molecule has 1 aromatic heterocycles. The van der Waals surface area contributed by atoms with E-state index in [1.54, 1.807) is 4.90 Å². The number of hydrogen-bond acceptors (Lipinski definition) is 4. The second-order valence-electron chi connectivity index (χ2n) is 8.51. The Kier molecular flexibility index (Phi) is 5.04. The number of nitrogens with one attached hydrogen (secondary N) is 1. The standard InChI is InChI=1S/C21H31N5O2/c1-4-6-7-15-13-26-18(22-15)16-19(25(12-5-2)20(26)27)24-17(23-16)14-8-10-21(3,28)11-9-14/h8,15,28H,4-7,9-13H2,1-3H3,(H,23,24)/t15-,21?/m1/s1. The zero-order valence-electron chi connectivity index (χ0n) is 17.2. The fraction of sp³-hybridized carbons (Fsp3) is 0.667. The number of aromatic amines is 1. The van der Waals surface area contributed by atoms with Crippen LogP contribution in [-0.2, 0) is 0 Å². The molecule has 28 heavy (non-hydrogen) atoms. The van der Waals surface area contributed by atoms with Gasteiger partial charge in [0.15, 0.2) is 11.7 Å². The Labute approximate surface area is 166 Å². The summed E-state index contributed by atoms with van der Waals surface area (Å²) in [5.74, 6) is 2.25. The largest absolute Gasteiger partial charge is 0.390 e. The predicted molar refractivity (Wildman–Crippen MR) is 111 cm³/mol. The van der Waals surface area contributed by atoms with Gasteiger partial charge in [0.05, 0.1) is 18.2 Å². The van der Waals surface area contributed by atoms with Gasteiger partial charge in [0, 0.05) is 6.54 Å². The predicted octanol–water partition coefficient (Wildman–Crippen LogP) is 3.70. The summed E-state index contributed by atoms with van der Waals surface area (Å²) in [5, 5.41) is 10.2. The van der Waals surface area contributed by atoms with Gasteiger partial charge < -0.3 is 10.1 Å². The Balaban J connectivity index is 1.70. The summed E-state index contributed by atoms with van der Waals surface area (Å²) in [6.07, 6.45) is 8.32. The molecule has 7 heteroatoms. The molecule has 4 rings (SSSR count). The maximum Gasteiger partial charge on any atom is 0.331 e. The molecule has 0 fully saturated rings. The van der Waals surface area contributed by atoms with E-state index in [-0.39, 0.29) is 12.1 Å². The lowest BCUT2D eigenvalue weighted by Gasteiger charge is -2.32. The highest BCUT2D eigenvalue weighted by Crippen LogP contribution is 2.36. The Bertz CT molecular complexity index is 823. The molecular formula is C21H31N5O2. The molecule has 2 aliphatic heterocycles. The van der Waals surface area contributed by atoms with Crippen LogP contribution in [0.2, 0.25) is 0 Å². The molecule has 0 aromatic carbocycles. The summed E-state index contributed by atoms with van der Waals surface area (Å²) >= 11 is 0. The van der Waals surface area contributed by atoms with Crippen LogP contribution in [0.3, 0.4) is 0 Å². The van der Waals surface area contributed by atoms with Crippen LogP contribution in [0.5, 0.6) is 0 Å². The van der Waals surface area contributed by atoms with Gasteiger partial charge in [-0.3, -0.25) is 14.8 Å². The summed E-state index contributed by atoms with van der Waals surface area (Å²) in [5.41, 5.74) is 1.33. The number of aliphatic hydroxyl groups is 1. The number of carbonyl (C=O) groups is 1. The van der Waals surface area contributed by atoms with E-state index in [9.17, 15) is 9.90 Å². The molecule has 2 atom stereocenters. The number of rotatable bonds is 6. The summed E-state index contributed by atoms with van der Waals surface area (Å²) in [6.45, 7) is 7.43. The zero-order chi connectivity index (χ0) is 19.9. The maximum atomic E-state index is 13.1. The average molecular weight is 386 g/mol. The molecule has 152 valence electrons. The summed E-state index contributed by atoms with van der Waals surface area (Å²) < 4.78 is 0. The first kappa shape index (κ1) is 19.2. The number of fused-ring (bicyclic) bond motifs is 3. The van der Waals surface area contributed by atoms with Crippen molar-refractivity contribution < 1.29 is 9.90 Å². The number of anilines is 1. The molecule has 0 saturated heterocycles. The van der Waals surface area contributed by atoms with Gasteiger partial charge in [0.25, 0.3) is 0 Å². The summed E-state index contributed by atoms with van der Waals surface area (Å²) in [6, 6.07) is 0.162. The van der Waals surface area contributed by atoms with Gasteiger partial charge in [-0.25, -0.2) is 9.78 Å². The van der Waals surface area contributed by atoms with E-state index in [0.29, 0.717) is 31.7 Å². The van der Waals surface area contributed by atoms with Crippen LogP contribution in [0.4, 0.5) is 10.6 Å². The first-order valence-corrected chi connectivity index (χ1v) is 10.6. The number of unbranched alkanes of at least 4 members (excludes halogenated alkanes) is 1. The van der Waals surface area contributed by atoms with Gasteiger partial charge in [-0.2, -0.15) is 0 Å². The highest BCUT2D eigenvalue weighted by Gasteiger charge is 2.42. The number of nitrogens with zero attached hydrogens (tertiary/aromatic N) is 4. The minimum atomic E-state index is -0.640. The third-order valence-corrected chi connectivity index (χ3v) is 5.94. The molecule has 3 aliphatic rings. The molecule has 2 N–H and O–H groups in total. The van der Waals surface area contributed by atoms with Gasteiger partial charge in [-0.05, 0) is 44.6 Å². The Morgan fingerprint density at radius 1 is 1.36 bits per heavy atom. The number of aliphatic imine (C=N–C) groups is 1. The van der Waals surface area contributed by atoms with E-state index in [4.69, 9.17) is 9.98 Å². The minimum absolute atomic E-state index is 0.00861. The van der Waals surface area contributed by atoms with E-state index >= 15 is 0 Å². The monoisotopic (exact) mass is 385 g/mol. The second-order valence-corrected chi connectivity index (χ2v) is 8.51. The Morgan fingerprint density at radius 2 is 2.18 bits per heavy atom. The molecule has 1 aliphatic carbocycles. The maximum absolute atomic E-state index is 13.1. The van der Waals surface area contributed by atoms with E-state index in [0.717, 1.165) is 55.0 Å². The Hall–Kier alpha value is -2.15. The number of aromatic nitrogens is 2. The lowest BCUT2D eigenvalue weighted by atomic mass is 9.87. The molecule has 2 amide bonds. The normalized spacial score (nSPS) is 26.9. The number of allylic oxidation sites excluding steroid dienone is 1. The van der Waals surface area contributed by atoms with Crippen molar-refractivity contribution in [2.45, 2.75) is 77.4 Å². The van der Waals surface area contributed by atoms with E-state index < -0.39 is 5.60 Å². The minimum Gasteiger partial charge on any atom is -0.390 e. The van der Waals surface area contributed by atoms with Crippen molar-refractivity contribution in [1.82, 2.24) is 14.9 Å². The van der Waals surface area contributed by atoms with E-state index in [1.165, 1.54) is 0 Å². The fourth-order valence-corrected chi connectivity index (χ4v) is 4.24. The van der Waals surface area contributed by atoms with Crippen molar-refractivity contribution in [3.8, 4) is 0 Å². The number of hydrogen-bond donors (Lipinski definition) is 2. The lowest BCUT2D eigenvalue weighted by Crippen LogP contribution is -2.50. The van der Waals surface area contributed by atoms with Crippen molar-refractivity contribution in [3.63, 3.8) is 0 Å². The first-order valence-electron chi connectivity index (χ1n) is 10.6. The SMILES string of the molecule is CCCC[C@@H]1CN2C(=O)N(CCC)c3nc(C4=CCC(C)(O)CC4)[nH]c3C2=N1. The summed E-state index contributed by atoms with van der Waals surface area (Å²) in [7, 11) is 0. The molecule has 0 spiro atoms. The lowest BCUT2D eigenvalue weighted by molar-refractivity contribution is 0.0523. The van der Waals surface area contributed by atoms with Crippen molar-refractivity contribution in [3.05, 3.63) is 17.6 Å². The van der Waals surface area contributed by atoms with E-state index in [1.807, 2.05) is 11.8 Å². The van der Waals surface area contributed by atoms with Crippen LogP contribution in [-0.4, -0.2) is 56.6 Å². The van der Waals surface area contributed by atoms with Gasteiger partial charge >= 0.3 is 6.03 Å². The van der Waals surface area contributed by atoms with Crippen molar-refractivity contribution in [1.29, 1.82) is 0 Å². The quantitative estimate of drug-likeness (QED) is 0.783. The second kappa shape index (κ2) is 7.35. The van der Waals surface area contributed by atoms with Crippen LogP contribution in [0.25, 0.3) is 5.57 Å². The number of imidazole rings is 1. The molecule has 1 aromatic rings. The van der Waals surface area contributed by atoms with Gasteiger partial charge in [0.2, 0.25) is 0 Å².